The number of anilines is 1. The maximum absolute atomic E-state index is 14.5. The van der Waals surface area contributed by atoms with E-state index in [1.165, 1.54) is 30.0 Å². The Morgan fingerprint density at radius 1 is 0.800 bits per heavy atom. The SMILES string of the molecule is O=C(CSc1nnc(-c2ccccc2F)n1-c1ccccc1)N1CCN(c2ccc(F)cc2)CC1. The van der Waals surface area contributed by atoms with E-state index in [0.717, 1.165) is 11.4 Å². The quantitative estimate of drug-likeness (QED) is 0.368. The fourth-order valence-corrected chi connectivity index (χ4v) is 4.93. The van der Waals surface area contributed by atoms with Crippen molar-refractivity contribution in [1.29, 1.82) is 0 Å². The van der Waals surface area contributed by atoms with Crippen molar-refractivity contribution in [3.8, 4) is 17.1 Å². The number of aromatic nitrogens is 3. The predicted octanol–water partition coefficient (Wildman–Crippen LogP) is 4.65. The summed E-state index contributed by atoms with van der Waals surface area (Å²) in [6.07, 6.45) is 0. The molecule has 1 aromatic heterocycles. The fourth-order valence-electron chi connectivity index (χ4n) is 4.07. The van der Waals surface area contributed by atoms with E-state index < -0.39 is 0 Å². The zero-order valence-electron chi connectivity index (χ0n) is 18.8. The van der Waals surface area contributed by atoms with Crippen LogP contribution < -0.4 is 4.90 Å². The second kappa shape index (κ2) is 10.3. The van der Waals surface area contributed by atoms with Gasteiger partial charge in [0.2, 0.25) is 5.91 Å². The van der Waals surface area contributed by atoms with Crippen molar-refractivity contribution in [1.82, 2.24) is 19.7 Å². The summed E-state index contributed by atoms with van der Waals surface area (Å²) in [6, 6.07) is 22.3. The summed E-state index contributed by atoms with van der Waals surface area (Å²) in [5.41, 5.74) is 2.09. The average molecular weight is 492 g/mol. The molecule has 0 saturated carbocycles. The van der Waals surface area contributed by atoms with Crippen LogP contribution in [0.4, 0.5) is 14.5 Å². The molecule has 35 heavy (non-hydrogen) atoms. The number of thioether (sulfide) groups is 1. The van der Waals surface area contributed by atoms with Gasteiger partial charge in [0.15, 0.2) is 11.0 Å². The summed E-state index contributed by atoms with van der Waals surface area (Å²) in [4.78, 5) is 16.9. The number of carbonyl (C=O) groups is 1. The van der Waals surface area contributed by atoms with Crippen molar-refractivity contribution in [2.45, 2.75) is 5.16 Å². The van der Waals surface area contributed by atoms with E-state index in [0.29, 0.717) is 42.7 Å². The first-order chi connectivity index (χ1) is 17.1. The molecule has 2 heterocycles. The van der Waals surface area contributed by atoms with Crippen molar-refractivity contribution < 1.29 is 13.6 Å². The van der Waals surface area contributed by atoms with Gasteiger partial charge < -0.3 is 9.80 Å². The number of halogens is 2. The molecular weight excluding hydrogens is 468 g/mol. The van der Waals surface area contributed by atoms with Gasteiger partial charge in [-0.3, -0.25) is 9.36 Å². The molecule has 9 heteroatoms. The van der Waals surface area contributed by atoms with Gasteiger partial charge in [0.25, 0.3) is 0 Å². The molecule has 0 bridgehead atoms. The van der Waals surface area contributed by atoms with Gasteiger partial charge in [-0.2, -0.15) is 0 Å². The lowest BCUT2D eigenvalue weighted by atomic mass is 10.2. The number of hydrogen-bond donors (Lipinski definition) is 0. The van der Waals surface area contributed by atoms with Gasteiger partial charge in [0.05, 0.1) is 11.3 Å². The summed E-state index contributed by atoms with van der Waals surface area (Å²) in [7, 11) is 0. The molecule has 0 aliphatic carbocycles. The largest absolute Gasteiger partial charge is 0.368 e. The maximum Gasteiger partial charge on any atom is 0.233 e. The lowest BCUT2D eigenvalue weighted by molar-refractivity contribution is -0.128. The summed E-state index contributed by atoms with van der Waals surface area (Å²) >= 11 is 1.28. The molecule has 1 saturated heterocycles. The summed E-state index contributed by atoms with van der Waals surface area (Å²) in [5, 5.41) is 9.06. The molecule has 1 amide bonds. The number of rotatable bonds is 6. The Balaban J connectivity index is 1.29. The molecular formula is C26H23F2N5OS. The number of para-hydroxylation sites is 1. The smallest absolute Gasteiger partial charge is 0.233 e. The van der Waals surface area contributed by atoms with Crippen LogP contribution in [0.3, 0.4) is 0 Å². The van der Waals surface area contributed by atoms with E-state index in [1.54, 1.807) is 34.9 Å². The summed E-state index contributed by atoms with van der Waals surface area (Å²) in [5.74, 6) is -0.0653. The first kappa shape index (κ1) is 23.0. The molecule has 1 fully saturated rings. The van der Waals surface area contributed by atoms with Crippen molar-refractivity contribution in [3.05, 3.63) is 90.5 Å². The Bertz CT molecular complexity index is 1310. The molecule has 0 unspecified atom stereocenters. The summed E-state index contributed by atoms with van der Waals surface area (Å²) < 4.78 is 29.5. The second-order valence-electron chi connectivity index (χ2n) is 8.09. The molecule has 4 aromatic rings. The number of nitrogens with zero attached hydrogens (tertiary/aromatic N) is 5. The Morgan fingerprint density at radius 2 is 1.49 bits per heavy atom. The van der Waals surface area contributed by atoms with Crippen LogP contribution in [-0.4, -0.2) is 57.5 Å². The third-order valence-electron chi connectivity index (χ3n) is 5.91. The van der Waals surface area contributed by atoms with E-state index in [1.807, 2.05) is 35.2 Å². The second-order valence-corrected chi connectivity index (χ2v) is 9.03. The Hall–Kier alpha value is -3.72. The highest BCUT2D eigenvalue weighted by atomic mass is 32.2. The molecule has 6 nitrogen and oxygen atoms in total. The Labute approximate surface area is 206 Å². The van der Waals surface area contributed by atoms with E-state index >= 15 is 0 Å². The molecule has 1 aliphatic rings. The minimum absolute atomic E-state index is 0.00353. The number of carbonyl (C=O) groups excluding carboxylic acids is 1. The first-order valence-corrected chi connectivity index (χ1v) is 12.3. The number of amides is 1. The monoisotopic (exact) mass is 491 g/mol. The zero-order valence-corrected chi connectivity index (χ0v) is 19.7. The minimum Gasteiger partial charge on any atom is -0.368 e. The van der Waals surface area contributed by atoms with Gasteiger partial charge in [-0.05, 0) is 48.5 Å². The van der Waals surface area contributed by atoms with Gasteiger partial charge in [0.1, 0.15) is 11.6 Å². The van der Waals surface area contributed by atoms with Crippen molar-refractivity contribution >= 4 is 23.4 Å². The lowest BCUT2D eigenvalue weighted by Crippen LogP contribution is -2.49. The van der Waals surface area contributed by atoms with Gasteiger partial charge in [-0.1, -0.05) is 42.1 Å². The first-order valence-electron chi connectivity index (χ1n) is 11.3. The van der Waals surface area contributed by atoms with Gasteiger partial charge in [-0.15, -0.1) is 10.2 Å². The topological polar surface area (TPSA) is 54.3 Å². The molecule has 0 N–H and O–H groups in total. The van der Waals surface area contributed by atoms with Crippen LogP contribution in [0.1, 0.15) is 0 Å². The number of piperazine rings is 1. The minimum atomic E-state index is -0.385. The molecule has 0 atom stereocenters. The van der Waals surface area contributed by atoms with Crippen molar-refractivity contribution in [3.63, 3.8) is 0 Å². The normalized spacial score (nSPS) is 13.8. The zero-order chi connectivity index (χ0) is 24.2. The van der Waals surface area contributed by atoms with Gasteiger partial charge in [-0.25, -0.2) is 8.78 Å². The lowest BCUT2D eigenvalue weighted by Gasteiger charge is -2.36. The highest BCUT2D eigenvalue weighted by Gasteiger charge is 2.24. The van der Waals surface area contributed by atoms with Crippen LogP contribution in [0, 0.1) is 11.6 Å². The number of hydrogen-bond acceptors (Lipinski definition) is 5. The maximum atomic E-state index is 14.5. The van der Waals surface area contributed by atoms with Crippen LogP contribution in [0.15, 0.2) is 84.0 Å². The van der Waals surface area contributed by atoms with Crippen LogP contribution in [-0.2, 0) is 4.79 Å². The standard InChI is InChI=1S/C26H23F2N5OS/c27-19-10-12-20(13-11-19)31-14-16-32(17-15-31)24(34)18-35-26-30-29-25(22-8-4-5-9-23(22)28)33(26)21-6-2-1-3-7-21/h1-13H,14-18H2. The Kier molecular flexibility index (Phi) is 6.76. The third-order valence-corrected chi connectivity index (χ3v) is 6.83. The predicted molar refractivity (Wildman–Crippen MR) is 133 cm³/mol. The van der Waals surface area contributed by atoms with E-state index in [2.05, 4.69) is 15.1 Å². The van der Waals surface area contributed by atoms with Crippen LogP contribution in [0.25, 0.3) is 17.1 Å². The molecule has 0 spiro atoms. The van der Waals surface area contributed by atoms with E-state index in [-0.39, 0.29) is 23.3 Å². The van der Waals surface area contributed by atoms with Crippen LogP contribution >= 0.6 is 11.8 Å². The number of benzene rings is 3. The average Bonchev–Trinajstić information content (AvgIpc) is 3.32. The fraction of sp³-hybridized carbons (Fsp3) is 0.192. The van der Waals surface area contributed by atoms with Crippen LogP contribution in [0.2, 0.25) is 0 Å². The Morgan fingerprint density at radius 3 is 2.20 bits per heavy atom. The van der Waals surface area contributed by atoms with E-state index in [9.17, 15) is 13.6 Å². The highest BCUT2D eigenvalue weighted by molar-refractivity contribution is 7.99. The van der Waals surface area contributed by atoms with Crippen molar-refractivity contribution in [2.75, 3.05) is 36.8 Å². The highest BCUT2D eigenvalue weighted by Crippen LogP contribution is 2.29. The molecule has 5 rings (SSSR count). The molecule has 3 aromatic carbocycles. The van der Waals surface area contributed by atoms with Gasteiger partial charge >= 0.3 is 0 Å². The molecule has 178 valence electrons. The summed E-state index contributed by atoms with van der Waals surface area (Å²) in [6.45, 7) is 2.53. The van der Waals surface area contributed by atoms with Gasteiger partial charge in [0, 0.05) is 37.6 Å². The third kappa shape index (κ3) is 5.05. The van der Waals surface area contributed by atoms with Crippen molar-refractivity contribution in [2.24, 2.45) is 0 Å². The van der Waals surface area contributed by atoms with Crippen LogP contribution in [0.5, 0.6) is 0 Å². The van der Waals surface area contributed by atoms with E-state index in [4.69, 9.17) is 0 Å². The molecule has 0 radical (unpaired) electrons. The molecule has 1 aliphatic heterocycles.